The van der Waals surface area contributed by atoms with Crippen LogP contribution in [0.3, 0.4) is 0 Å². The molecule has 0 saturated carbocycles. The van der Waals surface area contributed by atoms with Crippen molar-refractivity contribution in [1.29, 1.82) is 0 Å². The molecular formula is C60H96N8O16. The Morgan fingerprint density at radius 3 is 1.25 bits per heavy atom. The minimum Gasteiger partial charge on any atom is -0.459 e. The quantitative estimate of drug-likeness (QED) is 0.0294. The van der Waals surface area contributed by atoms with Gasteiger partial charge in [0.25, 0.3) is 11.8 Å². The molecule has 0 radical (unpaired) electrons. The number of rotatable bonds is 33. The highest BCUT2D eigenvalue weighted by atomic mass is 16.6. The third-order valence-electron chi connectivity index (χ3n) is 10.9. The number of carbonyl (C=O) groups is 9. The number of ether oxygens (including phenoxy) is 7. The normalized spacial score (nSPS) is 12.8. The lowest BCUT2D eigenvalue weighted by molar-refractivity contribution is -0.162. The fraction of sp³-hybridized carbons (Fsp3) is 0.650. The van der Waals surface area contributed by atoms with Gasteiger partial charge in [0.1, 0.15) is 46.7 Å². The molecule has 5 amide bonds. The second-order valence-corrected chi connectivity index (χ2v) is 25.1. The second kappa shape index (κ2) is 35.5. The fourth-order valence-corrected chi connectivity index (χ4v) is 7.66. The molecule has 2 aromatic carbocycles. The Kier molecular flexibility index (Phi) is 31.0. The number of amides is 5. The van der Waals surface area contributed by atoms with E-state index in [-0.39, 0.29) is 98.1 Å². The first kappa shape index (κ1) is 73.4. The maximum Gasteiger partial charge on any atom is 0.408 e. The van der Waals surface area contributed by atoms with Gasteiger partial charge in [0.15, 0.2) is 0 Å². The molecule has 0 fully saturated rings. The van der Waals surface area contributed by atoms with Gasteiger partial charge in [-0.3, -0.25) is 63.9 Å². The van der Waals surface area contributed by atoms with Crippen LogP contribution in [0.4, 0.5) is 4.79 Å². The van der Waals surface area contributed by atoms with Gasteiger partial charge in [0.05, 0.1) is 52.5 Å². The zero-order valence-electron chi connectivity index (χ0n) is 52.3. The van der Waals surface area contributed by atoms with Crippen LogP contribution in [0.5, 0.6) is 0 Å². The SMILES string of the molecule is CC(C)(C)OC(=O)CN(CCN(CCN(CC(=O)OC(C)(C)C)CC(=O)OC(C)(C)C)CC(=O)NCCOCCOCC(=O)N[C@H](Cc1ccccc1)C(=O)NNC(=O)[C@@H](CCc1ccccc1)NC(=O)OC(C)(C)C)CC(=O)OC(C)(C)C. The van der Waals surface area contributed by atoms with Crippen LogP contribution in [0, 0.1) is 0 Å². The predicted octanol–water partition coefficient (Wildman–Crippen LogP) is 3.81. The van der Waals surface area contributed by atoms with Crippen molar-refractivity contribution >= 4 is 53.6 Å². The summed E-state index contributed by atoms with van der Waals surface area (Å²) in [6, 6.07) is 16.1. The molecule has 24 nitrogen and oxygen atoms in total. The number of nitrogens with zero attached hydrogens (tertiary/aromatic N) is 3. The summed E-state index contributed by atoms with van der Waals surface area (Å²) in [5.41, 5.74) is 2.42. The van der Waals surface area contributed by atoms with Crippen molar-refractivity contribution in [3.63, 3.8) is 0 Å². The Morgan fingerprint density at radius 1 is 0.429 bits per heavy atom. The van der Waals surface area contributed by atoms with Gasteiger partial charge in [0, 0.05) is 39.1 Å². The highest BCUT2D eigenvalue weighted by molar-refractivity contribution is 5.91. The van der Waals surface area contributed by atoms with Gasteiger partial charge in [-0.15, -0.1) is 0 Å². The molecule has 0 unspecified atom stereocenters. The highest BCUT2D eigenvalue weighted by Crippen LogP contribution is 2.14. The third kappa shape index (κ3) is 37.5. The van der Waals surface area contributed by atoms with Gasteiger partial charge in [-0.1, -0.05) is 60.7 Å². The van der Waals surface area contributed by atoms with E-state index in [4.69, 9.17) is 33.2 Å². The summed E-state index contributed by atoms with van der Waals surface area (Å²) in [5.74, 6) is -4.75. The van der Waals surface area contributed by atoms with Crippen molar-refractivity contribution in [3.8, 4) is 0 Å². The van der Waals surface area contributed by atoms with Crippen molar-refractivity contribution in [1.82, 2.24) is 41.5 Å². The zero-order valence-corrected chi connectivity index (χ0v) is 52.3. The summed E-state index contributed by atoms with van der Waals surface area (Å²) < 4.78 is 38.8. The number of hydrogen-bond acceptors (Lipinski definition) is 19. The first-order valence-corrected chi connectivity index (χ1v) is 28.4. The number of alkyl carbamates (subject to hydrolysis) is 1. The first-order chi connectivity index (χ1) is 38.9. The second-order valence-electron chi connectivity index (χ2n) is 25.1. The van der Waals surface area contributed by atoms with Crippen molar-refractivity contribution in [2.24, 2.45) is 0 Å². The Labute approximate surface area is 496 Å². The van der Waals surface area contributed by atoms with Crippen molar-refractivity contribution in [2.45, 2.75) is 163 Å². The zero-order chi connectivity index (χ0) is 63.3. The number of hydrogen-bond donors (Lipinski definition) is 5. The molecule has 2 rings (SSSR count). The van der Waals surface area contributed by atoms with Crippen LogP contribution in [0.25, 0.3) is 0 Å². The number of nitrogens with one attached hydrogen (secondary N) is 5. The molecule has 0 heterocycles. The minimum absolute atomic E-state index is 0.0258. The van der Waals surface area contributed by atoms with Gasteiger partial charge in [0.2, 0.25) is 11.8 Å². The molecule has 0 bridgehead atoms. The van der Waals surface area contributed by atoms with Crippen LogP contribution >= 0.6 is 0 Å². The molecule has 0 aliphatic carbocycles. The van der Waals surface area contributed by atoms with Gasteiger partial charge < -0.3 is 49.1 Å². The average Bonchev–Trinajstić information content (AvgIpc) is 3.35. The summed E-state index contributed by atoms with van der Waals surface area (Å²) in [5, 5.41) is 8.06. The summed E-state index contributed by atoms with van der Waals surface area (Å²) in [6.07, 6.45) is -0.126. The van der Waals surface area contributed by atoms with E-state index in [0.29, 0.717) is 6.42 Å². The summed E-state index contributed by atoms with van der Waals surface area (Å²) >= 11 is 0. The van der Waals surface area contributed by atoms with E-state index in [2.05, 4.69) is 26.8 Å². The van der Waals surface area contributed by atoms with Gasteiger partial charge in [-0.05, 0) is 128 Å². The first-order valence-electron chi connectivity index (χ1n) is 28.4. The Balaban J connectivity index is 2.09. The summed E-state index contributed by atoms with van der Waals surface area (Å²) in [4.78, 5) is 123. The largest absolute Gasteiger partial charge is 0.459 e. The number of hydrazine groups is 1. The molecule has 2 atom stereocenters. The smallest absolute Gasteiger partial charge is 0.408 e. The maximum absolute atomic E-state index is 13.6. The molecule has 2 aromatic rings. The van der Waals surface area contributed by atoms with Gasteiger partial charge in [-0.2, -0.15) is 0 Å². The average molecular weight is 1190 g/mol. The lowest BCUT2D eigenvalue weighted by Gasteiger charge is -2.30. The van der Waals surface area contributed by atoms with Crippen molar-refractivity contribution in [3.05, 3.63) is 71.8 Å². The third-order valence-corrected chi connectivity index (χ3v) is 10.9. The van der Waals surface area contributed by atoms with Crippen molar-refractivity contribution < 1.29 is 76.3 Å². The van der Waals surface area contributed by atoms with E-state index in [1.54, 1.807) is 149 Å². The van der Waals surface area contributed by atoms with Gasteiger partial charge in [-0.25, -0.2) is 4.79 Å². The number of aryl methyl sites for hydroxylation is 1. The topological polar surface area (TPSA) is 288 Å². The standard InChI is InChI=1S/C60H96N8O16/c1-56(2,3)80-49(71)38-67(39-50(72)81-57(4,5)6)31-29-66(30-32-68(40-51(73)82-58(7,8)9)41-52(74)83-59(10,11)12)37-47(69)61-28-33-78-34-35-79-42-48(70)62-46(36-44-24-20-17-21-25-44)54(76)65-64-53(75)45(63-55(77)84-60(13,14)15)27-26-43-22-18-16-19-23-43/h16-25,45-46H,26-42H2,1-15H3,(H,61,69)(H,62,70)(H,63,77)(H,64,75)(H,65,76)/t45-,46-/m1/s1. The Bertz CT molecular complexity index is 2270. The minimum atomic E-state index is -1.15. The van der Waals surface area contributed by atoms with Crippen LogP contribution in [-0.2, 0) is 84.4 Å². The molecule has 0 aliphatic rings. The lowest BCUT2D eigenvalue weighted by atomic mass is 10.0. The van der Waals surface area contributed by atoms with Gasteiger partial charge >= 0.3 is 30.0 Å². The lowest BCUT2D eigenvalue weighted by Crippen LogP contribution is -2.57. The van der Waals surface area contributed by atoms with E-state index < -0.39 is 100 Å². The molecule has 84 heavy (non-hydrogen) atoms. The Hall–Kier alpha value is -6.73. The van der Waals surface area contributed by atoms with E-state index in [1.165, 1.54) is 0 Å². The summed E-state index contributed by atoms with van der Waals surface area (Å²) in [6.45, 7) is 24.8. The molecular weight excluding hydrogens is 1090 g/mol. The number of carbonyl (C=O) groups excluding carboxylic acids is 9. The number of esters is 4. The molecule has 5 N–H and O–H groups in total. The van der Waals surface area contributed by atoms with Crippen LogP contribution in [0.2, 0.25) is 0 Å². The predicted molar refractivity (Wildman–Crippen MR) is 314 cm³/mol. The fourth-order valence-electron chi connectivity index (χ4n) is 7.66. The van der Waals surface area contributed by atoms with E-state index in [1.807, 2.05) is 30.3 Å². The molecule has 0 spiro atoms. The van der Waals surface area contributed by atoms with E-state index in [0.717, 1.165) is 11.1 Å². The Morgan fingerprint density at radius 2 is 0.821 bits per heavy atom. The van der Waals surface area contributed by atoms with E-state index >= 15 is 0 Å². The molecule has 0 aliphatic heterocycles. The molecule has 472 valence electrons. The molecule has 0 aromatic heterocycles. The maximum atomic E-state index is 13.6. The van der Waals surface area contributed by atoms with Crippen molar-refractivity contribution in [2.75, 3.05) is 91.9 Å². The van der Waals surface area contributed by atoms with Crippen LogP contribution in [0.1, 0.15) is 121 Å². The monoisotopic (exact) mass is 1180 g/mol. The molecule has 24 heteroatoms. The number of benzene rings is 2. The van der Waals surface area contributed by atoms with Crippen LogP contribution in [-0.4, -0.2) is 200 Å². The van der Waals surface area contributed by atoms with Crippen LogP contribution < -0.4 is 26.8 Å². The molecule has 0 saturated heterocycles. The van der Waals surface area contributed by atoms with E-state index in [9.17, 15) is 43.2 Å². The van der Waals surface area contributed by atoms with Crippen LogP contribution in [0.15, 0.2) is 60.7 Å². The highest BCUT2D eigenvalue weighted by Gasteiger charge is 2.30. The summed E-state index contributed by atoms with van der Waals surface area (Å²) in [7, 11) is 0.